The van der Waals surface area contributed by atoms with Crippen LogP contribution >= 0.6 is 11.6 Å². The summed E-state index contributed by atoms with van der Waals surface area (Å²) in [6, 6.07) is 16.0. The molecule has 0 radical (unpaired) electrons. The van der Waals surface area contributed by atoms with Crippen LogP contribution in [0, 0.1) is 11.3 Å². The maximum atomic E-state index is 9.43. The first kappa shape index (κ1) is 12.5. The summed E-state index contributed by atoms with van der Waals surface area (Å²) in [4.78, 5) is 4.53. The van der Waals surface area contributed by atoms with E-state index in [1.54, 1.807) is 30.3 Å². The first-order valence-corrected chi connectivity index (χ1v) is 6.35. The number of rotatable bonds is 1. The standard InChI is InChI=1S/C16H9ClN2O/c17-14-8-11(1-2-12(14)9-18)15-5-3-10-7-13(20)4-6-16(10)19-15/h1-8,20H. The minimum absolute atomic E-state index is 0.216. The lowest BCUT2D eigenvalue weighted by Gasteiger charge is -2.05. The lowest BCUT2D eigenvalue weighted by Crippen LogP contribution is -1.86. The number of fused-ring (bicyclic) bond motifs is 1. The van der Waals surface area contributed by atoms with E-state index in [9.17, 15) is 5.11 Å². The molecule has 0 aliphatic heterocycles. The Balaban J connectivity index is 2.13. The number of benzene rings is 2. The molecule has 0 saturated heterocycles. The maximum absolute atomic E-state index is 9.43. The van der Waals surface area contributed by atoms with Gasteiger partial charge in [0.2, 0.25) is 0 Å². The van der Waals surface area contributed by atoms with E-state index in [0.717, 1.165) is 22.2 Å². The number of hydrogen-bond acceptors (Lipinski definition) is 3. The highest BCUT2D eigenvalue weighted by atomic mass is 35.5. The number of halogens is 1. The van der Waals surface area contributed by atoms with E-state index in [0.29, 0.717) is 10.6 Å². The van der Waals surface area contributed by atoms with Crippen LogP contribution in [0.3, 0.4) is 0 Å². The quantitative estimate of drug-likeness (QED) is 0.729. The van der Waals surface area contributed by atoms with E-state index in [1.807, 2.05) is 24.3 Å². The van der Waals surface area contributed by atoms with Crippen molar-refractivity contribution < 1.29 is 5.11 Å². The predicted molar refractivity (Wildman–Crippen MR) is 78.6 cm³/mol. The van der Waals surface area contributed by atoms with Gasteiger partial charge < -0.3 is 5.11 Å². The zero-order valence-corrected chi connectivity index (χ0v) is 11.1. The second-order valence-corrected chi connectivity index (χ2v) is 4.79. The molecule has 0 spiro atoms. The first-order valence-electron chi connectivity index (χ1n) is 5.97. The van der Waals surface area contributed by atoms with E-state index in [1.165, 1.54) is 0 Å². The summed E-state index contributed by atoms with van der Waals surface area (Å²) >= 11 is 6.04. The molecule has 4 heteroatoms. The summed E-state index contributed by atoms with van der Waals surface area (Å²) in [6.07, 6.45) is 0. The monoisotopic (exact) mass is 280 g/mol. The number of pyridine rings is 1. The molecule has 0 bridgehead atoms. The van der Waals surface area contributed by atoms with Crippen molar-refractivity contribution in [1.82, 2.24) is 4.98 Å². The summed E-state index contributed by atoms with van der Waals surface area (Å²) in [7, 11) is 0. The van der Waals surface area contributed by atoms with Crippen LogP contribution < -0.4 is 0 Å². The molecule has 3 aromatic rings. The Bertz CT molecular complexity index is 853. The van der Waals surface area contributed by atoms with Crippen LogP contribution in [0.2, 0.25) is 5.02 Å². The van der Waals surface area contributed by atoms with Crippen LogP contribution in [0.1, 0.15) is 5.56 Å². The highest BCUT2D eigenvalue weighted by Crippen LogP contribution is 2.26. The average molecular weight is 281 g/mol. The number of phenols is 1. The van der Waals surface area contributed by atoms with E-state index in [4.69, 9.17) is 16.9 Å². The van der Waals surface area contributed by atoms with Crippen molar-refractivity contribution in [2.45, 2.75) is 0 Å². The highest BCUT2D eigenvalue weighted by molar-refractivity contribution is 6.32. The van der Waals surface area contributed by atoms with Gasteiger partial charge in [0.15, 0.2) is 0 Å². The van der Waals surface area contributed by atoms with Crippen LogP contribution in [0.15, 0.2) is 48.5 Å². The van der Waals surface area contributed by atoms with Crippen LogP contribution in [0.5, 0.6) is 5.75 Å². The Kier molecular flexibility index (Phi) is 3.02. The number of aromatic nitrogens is 1. The smallest absolute Gasteiger partial charge is 0.116 e. The number of aromatic hydroxyl groups is 1. The largest absolute Gasteiger partial charge is 0.508 e. The summed E-state index contributed by atoms with van der Waals surface area (Å²) < 4.78 is 0. The minimum atomic E-state index is 0.216. The fraction of sp³-hybridized carbons (Fsp3) is 0. The molecule has 0 fully saturated rings. The molecule has 0 saturated carbocycles. The Labute approximate surface area is 120 Å². The van der Waals surface area contributed by atoms with Crippen molar-refractivity contribution in [3.8, 4) is 23.1 Å². The van der Waals surface area contributed by atoms with Gasteiger partial charge in [0, 0.05) is 10.9 Å². The van der Waals surface area contributed by atoms with Crippen molar-refractivity contribution in [3.05, 3.63) is 59.1 Å². The molecule has 0 amide bonds. The van der Waals surface area contributed by atoms with Gasteiger partial charge in [-0.25, -0.2) is 4.98 Å². The number of phenolic OH excluding ortho intramolecular Hbond substituents is 1. The van der Waals surface area contributed by atoms with Gasteiger partial charge in [0.1, 0.15) is 11.8 Å². The van der Waals surface area contributed by atoms with Gasteiger partial charge in [-0.15, -0.1) is 0 Å². The molecule has 1 heterocycles. The summed E-state index contributed by atoms with van der Waals surface area (Å²) in [5.74, 6) is 0.216. The summed E-state index contributed by atoms with van der Waals surface area (Å²) in [6.45, 7) is 0. The molecular weight excluding hydrogens is 272 g/mol. The molecule has 0 atom stereocenters. The molecule has 3 nitrogen and oxygen atoms in total. The third-order valence-corrected chi connectivity index (χ3v) is 3.37. The first-order chi connectivity index (χ1) is 9.67. The van der Waals surface area contributed by atoms with Gasteiger partial charge in [0.25, 0.3) is 0 Å². The van der Waals surface area contributed by atoms with E-state index < -0.39 is 0 Å². The molecule has 96 valence electrons. The third-order valence-electron chi connectivity index (χ3n) is 3.06. The maximum Gasteiger partial charge on any atom is 0.116 e. The van der Waals surface area contributed by atoms with Crippen molar-refractivity contribution in [3.63, 3.8) is 0 Å². The lowest BCUT2D eigenvalue weighted by molar-refractivity contribution is 0.476. The molecule has 20 heavy (non-hydrogen) atoms. The predicted octanol–water partition coefficient (Wildman–Crippen LogP) is 4.13. The molecule has 3 rings (SSSR count). The van der Waals surface area contributed by atoms with Gasteiger partial charge in [-0.2, -0.15) is 5.26 Å². The van der Waals surface area contributed by atoms with Gasteiger partial charge in [0.05, 0.1) is 21.8 Å². The molecule has 2 aromatic carbocycles. The molecule has 1 N–H and O–H groups in total. The zero-order valence-electron chi connectivity index (χ0n) is 10.3. The second kappa shape index (κ2) is 4.84. The number of nitrogens with zero attached hydrogens (tertiary/aromatic N) is 2. The number of hydrogen-bond donors (Lipinski definition) is 1. The van der Waals surface area contributed by atoms with E-state index >= 15 is 0 Å². The molecule has 0 aliphatic rings. The van der Waals surface area contributed by atoms with Crippen molar-refractivity contribution in [2.24, 2.45) is 0 Å². The van der Waals surface area contributed by atoms with Crippen LogP contribution in [0.25, 0.3) is 22.2 Å². The Morgan fingerprint density at radius 2 is 1.90 bits per heavy atom. The van der Waals surface area contributed by atoms with E-state index in [2.05, 4.69) is 4.98 Å². The molecule has 1 aromatic heterocycles. The van der Waals surface area contributed by atoms with Gasteiger partial charge in [-0.3, -0.25) is 0 Å². The molecule has 0 unspecified atom stereocenters. The van der Waals surface area contributed by atoms with Crippen molar-refractivity contribution in [1.29, 1.82) is 5.26 Å². The average Bonchev–Trinajstić information content (AvgIpc) is 2.46. The van der Waals surface area contributed by atoms with Gasteiger partial charge in [-0.1, -0.05) is 23.7 Å². The van der Waals surface area contributed by atoms with Crippen molar-refractivity contribution >= 4 is 22.5 Å². The Morgan fingerprint density at radius 3 is 2.65 bits per heavy atom. The normalized spacial score (nSPS) is 10.4. The Hall–Kier alpha value is -2.57. The topological polar surface area (TPSA) is 56.9 Å². The summed E-state index contributed by atoms with van der Waals surface area (Å²) in [5.41, 5.74) is 2.86. The van der Waals surface area contributed by atoms with Crippen LogP contribution in [-0.4, -0.2) is 10.1 Å². The van der Waals surface area contributed by atoms with Crippen LogP contribution in [-0.2, 0) is 0 Å². The lowest BCUT2D eigenvalue weighted by atomic mass is 10.1. The number of nitriles is 1. The minimum Gasteiger partial charge on any atom is -0.508 e. The van der Waals surface area contributed by atoms with E-state index in [-0.39, 0.29) is 5.75 Å². The highest BCUT2D eigenvalue weighted by Gasteiger charge is 2.05. The SMILES string of the molecule is N#Cc1ccc(-c2ccc3cc(O)ccc3n2)cc1Cl. The Morgan fingerprint density at radius 1 is 1.05 bits per heavy atom. The van der Waals surface area contributed by atoms with Gasteiger partial charge in [-0.05, 0) is 36.4 Å². The summed E-state index contributed by atoms with van der Waals surface area (Å²) in [5, 5.41) is 19.6. The fourth-order valence-corrected chi connectivity index (χ4v) is 2.26. The zero-order chi connectivity index (χ0) is 14.1. The molecule has 0 aliphatic carbocycles. The fourth-order valence-electron chi connectivity index (χ4n) is 2.04. The van der Waals surface area contributed by atoms with Crippen molar-refractivity contribution in [2.75, 3.05) is 0 Å². The second-order valence-electron chi connectivity index (χ2n) is 4.38. The molecular formula is C16H9ClN2O. The van der Waals surface area contributed by atoms with Gasteiger partial charge >= 0.3 is 0 Å². The third kappa shape index (κ3) is 2.18. The van der Waals surface area contributed by atoms with Crippen LogP contribution in [0.4, 0.5) is 0 Å².